The monoisotopic (exact) mass is 333 g/mol. The van der Waals surface area contributed by atoms with E-state index in [1.54, 1.807) is 11.3 Å². The van der Waals surface area contributed by atoms with E-state index in [0.717, 1.165) is 15.0 Å². The molecule has 0 aliphatic rings. The number of aryl methyl sites for hydroxylation is 1. The Morgan fingerprint density at radius 2 is 1.68 bits per heavy atom. The minimum atomic E-state index is 1.06. The van der Waals surface area contributed by atoms with Gasteiger partial charge >= 0.3 is 0 Å². The van der Waals surface area contributed by atoms with Crippen molar-refractivity contribution in [2.24, 2.45) is 0 Å². The Morgan fingerprint density at radius 1 is 1.00 bits per heavy atom. The lowest BCUT2D eigenvalue weighted by Gasteiger charge is -1.95. The molecule has 3 heteroatoms. The highest BCUT2D eigenvalue weighted by Crippen LogP contribution is 2.31. The maximum Gasteiger partial charge on any atom is 0.124 e. The molecule has 3 aromatic rings. The van der Waals surface area contributed by atoms with Crippen LogP contribution in [0.5, 0.6) is 0 Å². The molecule has 0 aliphatic heterocycles. The highest BCUT2D eigenvalue weighted by molar-refractivity contribution is 9.10. The van der Waals surface area contributed by atoms with Crippen molar-refractivity contribution < 1.29 is 0 Å². The molecule has 98 valence electrons. The summed E-state index contributed by atoms with van der Waals surface area (Å²) in [6.07, 6.45) is 0. The molecule has 0 saturated heterocycles. The van der Waals surface area contributed by atoms with Crippen molar-refractivity contribution >= 4 is 37.5 Å². The zero-order valence-electron chi connectivity index (χ0n) is 11.3. The van der Waals surface area contributed by atoms with E-state index in [4.69, 9.17) is 0 Å². The van der Waals surface area contributed by atoms with Crippen molar-refractivity contribution in [3.05, 3.63) is 52.5 Å². The number of hydrogen-bond acceptors (Lipinski definition) is 2. The molecule has 19 heavy (non-hydrogen) atoms. The van der Waals surface area contributed by atoms with Crippen LogP contribution in [0.2, 0.25) is 0 Å². The van der Waals surface area contributed by atoms with Gasteiger partial charge in [-0.15, -0.1) is 11.3 Å². The van der Waals surface area contributed by atoms with Gasteiger partial charge in [0.2, 0.25) is 0 Å². The smallest absolute Gasteiger partial charge is 0.124 e. The Morgan fingerprint density at radius 3 is 2.37 bits per heavy atom. The van der Waals surface area contributed by atoms with E-state index < -0.39 is 0 Å². The first-order valence-corrected chi connectivity index (χ1v) is 7.96. The first kappa shape index (κ1) is 14.2. The largest absolute Gasteiger partial charge is 0.236 e. The lowest BCUT2D eigenvalue weighted by molar-refractivity contribution is 1.44. The molecule has 0 unspecified atom stereocenters. The van der Waals surface area contributed by atoms with Gasteiger partial charge in [-0.2, -0.15) is 0 Å². The fourth-order valence-corrected chi connectivity index (χ4v) is 3.24. The molecule has 1 aromatic heterocycles. The van der Waals surface area contributed by atoms with Gasteiger partial charge in [-0.1, -0.05) is 59.6 Å². The first-order valence-electron chi connectivity index (χ1n) is 6.35. The topological polar surface area (TPSA) is 12.9 Å². The van der Waals surface area contributed by atoms with Gasteiger partial charge in [0.15, 0.2) is 0 Å². The summed E-state index contributed by atoms with van der Waals surface area (Å²) in [5, 5.41) is 1.08. The Labute approximate surface area is 126 Å². The Kier molecular flexibility index (Phi) is 4.72. The quantitative estimate of drug-likeness (QED) is 0.527. The maximum atomic E-state index is 4.65. The van der Waals surface area contributed by atoms with Gasteiger partial charge in [0.1, 0.15) is 5.01 Å². The van der Waals surface area contributed by atoms with Crippen LogP contribution in [0.25, 0.3) is 20.8 Å². The predicted octanol–water partition coefficient (Wildman–Crippen LogP) is 6.06. The molecule has 0 radical (unpaired) electrons. The standard InChI is InChI=1S/C14H10BrNS.C2H6/c1-9-2-4-10(5-3-9)14-16-12-7-6-11(15)8-13(12)17-14;1-2/h2-8H,1H3;1-2H3. The van der Waals surface area contributed by atoms with Gasteiger partial charge in [0.25, 0.3) is 0 Å². The van der Waals surface area contributed by atoms with Gasteiger partial charge in [-0.3, -0.25) is 0 Å². The molecule has 2 aromatic carbocycles. The summed E-state index contributed by atoms with van der Waals surface area (Å²) in [6, 6.07) is 14.7. The van der Waals surface area contributed by atoms with Crippen LogP contribution in [0, 0.1) is 6.92 Å². The summed E-state index contributed by atoms with van der Waals surface area (Å²) < 4.78 is 2.32. The number of aromatic nitrogens is 1. The average Bonchev–Trinajstić information content (AvgIpc) is 2.84. The van der Waals surface area contributed by atoms with Gasteiger partial charge in [0.05, 0.1) is 10.2 Å². The zero-order valence-corrected chi connectivity index (χ0v) is 13.7. The molecule has 0 spiro atoms. The third-order valence-electron chi connectivity index (χ3n) is 2.65. The van der Waals surface area contributed by atoms with E-state index >= 15 is 0 Å². The summed E-state index contributed by atoms with van der Waals surface area (Å²) in [4.78, 5) is 4.65. The second-order valence-electron chi connectivity index (χ2n) is 4.00. The van der Waals surface area contributed by atoms with Crippen LogP contribution in [0.15, 0.2) is 46.9 Å². The highest BCUT2D eigenvalue weighted by Gasteiger charge is 2.06. The molecule has 0 bridgehead atoms. The fourth-order valence-electron chi connectivity index (χ4n) is 1.72. The molecule has 3 rings (SSSR count). The normalized spacial score (nSPS) is 10.1. The highest BCUT2D eigenvalue weighted by atomic mass is 79.9. The second kappa shape index (κ2) is 6.31. The molecule has 0 aliphatic carbocycles. The molecule has 0 fully saturated rings. The van der Waals surface area contributed by atoms with Crippen LogP contribution in [-0.2, 0) is 0 Å². The van der Waals surface area contributed by atoms with Crippen molar-refractivity contribution in [2.75, 3.05) is 0 Å². The average molecular weight is 334 g/mol. The van der Waals surface area contributed by atoms with Crippen molar-refractivity contribution in [1.82, 2.24) is 4.98 Å². The molecular formula is C16H16BrNS. The Bertz CT molecular complexity index is 671. The van der Waals surface area contributed by atoms with Crippen LogP contribution < -0.4 is 0 Å². The fraction of sp³-hybridized carbons (Fsp3) is 0.188. The number of hydrogen-bond donors (Lipinski definition) is 0. The number of nitrogens with zero attached hydrogens (tertiary/aromatic N) is 1. The van der Waals surface area contributed by atoms with E-state index in [0.29, 0.717) is 0 Å². The molecule has 0 atom stereocenters. The zero-order chi connectivity index (χ0) is 13.8. The van der Waals surface area contributed by atoms with Gasteiger partial charge < -0.3 is 0 Å². The minimum Gasteiger partial charge on any atom is -0.236 e. The van der Waals surface area contributed by atoms with E-state index in [9.17, 15) is 0 Å². The third-order valence-corrected chi connectivity index (χ3v) is 4.21. The Balaban J connectivity index is 0.000000637. The third kappa shape index (κ3) is 3.23. The lowest BCUT2D eigenvalue weighted by atomic mass is 10.2. The summed E-state index contributed by atoms with van der Waals surface area (Å²) in [6.45, 7) is 6.10. The molecule has 1 nitrogen and oxygen atoms in total. The molecular weight excluding hydrogens is 318 g/mol. The van der Waals surface area contributed by atoms with E-state index in [-0.39, 0.29) is 0 Å². The van der Waals surface area contributed by atoms with E-state index in [2.05, 4.69) is 58.2 Å². The van der Waals surface area contributed by atoms with Gasteiger partial charge in [0, 0.05) is 10.0 Å². The summed E-state index contributed by atoms with van der Waals surface area (Å²) >= 11 is 5.22. The number of rotatable bonds is 1. The lowest BCUT2D eigenvalue weighted by Crippen LogP contribution is -1.76. The summed E-state index contributed by atoms with van der Waals surface area (Å²) in [7, 11) is 0. The van der Waals surface area contributed by atoms with Crippen LogP contribution in [0.1, 0.15) is 19.4 Å². The van der Waals surface area contributed by atoms with Crippen LogP contribution in [-0.4, -0.2) is 4.98 Å². The van der Waals surface area contributed by atoms with Crippen LogP contribution in [0.4, 0.5) is 0 Å². The molecule has 0 N–H and O–H groups in total. The molecule has 1 heterocycles. The summed E-state index contributed by atoms with van der Waals surface area (Å²) in [5.74, 6) is 0. The minimum absolute atomic E-state index is 1.06. The van der Waals surface area contributed by atoms with Crippen molar-refractivity contribution in [3.63, 3.8) is 0 Å². The van der Waals surface area contributed by atoms with Crippen LogP contribution in [0.3, 0.4) is 0 Å². The number of fused-ring (bicyclic) bond motifs is 1. The van der Waals surface area contributed by atoms with E-state index in [1.807, 2.05) is 26.0 Å². The Hall–Kier alpha value is -1.19. The van der Waals surface area contributed by atoms with Crippen molar-refractivity contribution in [3.8, 4) is 10.6 Å². The van der Waals surface area contributed by atoms with Gasteiger partial charge in [-0.05, 0) is 25.1 Å². The van der Waals surface area contributed by atoms with Crippen molar-refractivity contribution in [1.29, 1.82) is 0 Å². The summed E-state index contributed by atoms with van der Waals surface area (Å²) in [5.41, 5.74) is 3.53. The SMILES string of the molecule is CC.Cc1ccc(-c2nc3ccc(Br)cc3s2)cc1. The number of thiazole rings is 1. The predicted molar refractivity (Wildman–Crippen MR) is 88.8 cm³/mol. The molecule has 0 amide bonds. The van der Waals surface area contributed by atoms with Crippen LogP contribution >= 0.6 is 27.3 Å². The molecule has 0 saturated carbocycles. The van der Waals surface area contributed by atoms with Gasteiger partial charge in [-0.25, -0.2) is 4.98 Å². The van der Waals surface area contributed by atoms with Crippen molar-refractivity contribution in [2.45, 2.75) is 20.8 Å². The maximum absolute atomic E-state index is 4.65. The second-order valence-corrected chi connectivity index (χ2v) is 5.94. The number of halogens is 1. The first-order chi connectivity index (χ1) is 9.22. The number of benzene rings is 2. The van der Waals surface area contributed by atoms with E-state index in [1.165, 1.54) is 15.8 Å².